The SMILES string of the molecule is CC(C(=O)NO)c1nsc2ccccc12. The lowest BCUT2D eigenvalue weighted by Gasteiger charge is -2.05. The van der Waals surface area contributed by atoms with Crippen LogP contribution in [0, 0.1) is 0 Å². The van der Waals surface area contributed by atoms with Crippen molar-refractivity contribution in [3.63, 3.8) is 0 Å². The van der Waals surface area contributed by atoms with Gasteiger partial charge in [-0.15, -0.1) is 0 Å². The van der Waals surface area contributed by atoms with E-state index in [1.54, 1.807) is 12.4 Å². The molecule has 0 saturated carbocycles. The quantitative estimate of drug-likeness (QED) is 0.602. The van der Waals surface area contributed by atoms with Crippen LogP contribution in [0.15, 0.2) is 24.3 Å². The number of carbonyl (C=O) groups excluding carboxylic acids is 1. The topological polar surface area (TPSA) is 62.2 Å². The molecule has 1 aromatic heterocycles. The van der Waals surface area contributed by atoms with Crippen LogP contribution < -0.4 is 5.48 Å². The Morgan fingerprint density at radius 1 is 1.53 bits per heavy atom. The van der Waals surface area contributed by atoms with E-state index in [1.807, 2.05) is 24.3 Å². The third-order valence-corrected chi connectivity index (χ3v) is 3.16. The lowest BCUT2D eigenvalue weighted by Crippen LogP contribution is -2.24. The second-order valence-electron chi connectivity index (χ2n) is 3.26. The zero-order valence-corrected chi connectivity index (χ0v) is 8.91. The van der Waals surface area contributed by atoms with E-state index >= 15 is 0 Å². The molecule has 4 nitrogen and oxygen atoms in total. The van der Waals surface area contributed by atoms with Crippen LogP contribution in [0.3, 0.4) is 0 Å². The highest BCUT2D eigenvalue weighted by atomic mass is 32.1. The molecule has 0 saturated heterocycles. The maximum atomic E-state index is 11.3. The molecule has 2 aromatic rings. The van der Waals surface area contributed by atoms with Crippen molar-refractivity contribution in [2.24, 2.45) is 0 Å². The molecule has 5 heteroatoms. The maximum absolute atomic E-state index is 11.3. The molecule has 78 valence electrons. The van der Waals surface area contributed by atoms with Crippen molar-refractivity contribution in [3.8, 4) is 0 Å². The summed E-state index contributed by atoms with van der Waals surface area (Å²) in [5.74, 6) is -0.878. The van der Waals surface area contributed by atoms with Crippen molar-refractivity contribution >= 4 is 27.5 Å². The van der Waals surface area contributed by atoms with Gasteiger partial charge in [-0.3, -0.25) is 10.0 Å². The smallest absolute Gasteiger partial charge is 0.252 e. The number of fused-ring (bicyclic) bond motifs is 1. The van der Waals surface area contributed by atoms with Crippen LogP contribution >= 0.6 is 11.5 Å². The molecule has 15 heavy (non-hydrogen) atoms. The summed E-state index contributed by atoms with van der Waals surface area (Å²) < 4.78 is 5.28. The zero-order chi connectivity index (χ0) is 10.8. The zero-order valence-electron chi connectivity index (χ0n) is 8.10. The van der Waals surface area contributed by atoms with Crippen molar-refractivity contribution in [2.75, 3.05) is 0 Å². The van der Waals surface area contributed by atoms with Gasteiger partial charge in [0, 0.05) is 5.39 Å². The third kappa shape index (κ3) is 1.71. The molecule has 0 radical (unpaired) electrons. The van der Waals surface area contributed by atoms with Gasteiger partial charge in [0.25, 0.3) is 5.91 Å². The summed E-state index contributed by atoms with van der Waals surface area (Å²) in [5, 5.41) is 9.52. The number of rotatable bonds is 2. The number of nitrogens with zero attached hydrogens (tertiary/aromatic N) is 1. The van der Waals surface area contributed by atoms with Crippen LogP contribution in [0.25, 0.3) is 10.1 Å². The summed E-state index contributed by atoms with van der Waals surface area (Å²) in [5.41, 5.74) is 2.35. The molecule has 1 heterocycles. The van der Waals surface area contributed by atoms with E-state index < -0.39 is 11.8 Å². The molecule has 1 unspecified atom stereocenters. The fourth-order valence-corrected chi connectivity index (χ4v) is 2.30. The number of hydrogen-bond donors (Lipinski definition) is 2. The Balaban J connectivity index is 2.48. The van der Waals surface area contributed by atoms with Gasteiger partial charge in [-0.05, 0) is 24.5 Å². The largest absolute Gasteiger partial charge is 0.289 e. The fraction of sp³-hybridized carbons (Fsp3) is 0.200. The molecule has 0 aliphatic heterocycles. The summed E-state index contributed by atoms with van der Waals surface area (Å²) in [7, 11) is 0. The summed E-state index contributed by atoms with van der Waals surface area (Å²) in [6.07, 6.45) is 0. The molecule has 0 aliphatic carbocycles. The highest BCUT2D eigenvalue weighted by molar-refractivity contribution is 7.13. The van der Waals surface area contributed by atoms with Crippen molar-refractivity contribution in [1.82, 2.24) is 9.85 Å². The van der Waals surface area contributed by atoms with E-state index in [0.29, 0.717) is 5.69 Å². The number of carbonyl (C=O) groups is 1. The Hall–Kier alpha value is -1.46. The second-order valence-corrected chi connectivity index (χ2v) is 4.07. The molecule has 0 aliphatic rings. The first-order chi connectivity index (χ1) is 7.24. The van der Waals surface area contributed by atoms with Gasteiger partial charge in [0.2, 0.25) is 0 Å². The van der Waals surface area contributed by atoms with Gasteiger partial charge in [-0.2, -0.15) is 4.37 Å². The van der Waals surface area contributed by atoms with Gasteiger partial charge in [0.15, 0.2) is 0 Å². The number of amides is 1. The molecule has 2 N–H and O–H groups in total. The van der Waals surface area contributed by atoms with Crippen LogP contribution in [-0.2, 0) is 4.79 Å². The number of hydroxylamine groups is 1. The Labute approximate surface area is 90.7 Å². The average Bonchev–Trinajstić information content (AvgIpc) is 2.70. The second kappa shape index (κ2) is 3.96. The fourth-order valence-electron chi connectivity index (χ4n) is 1.44. The van der Waals surface area contributed by atoms with Gasteiger partial charge in [0.1, 0.15) is 0 Å². The maximum Gasteiger partial charge on any atom is 0.252 e. The van der Waals surface area contributed by atoms with E-state index in [1.165, 1.54) is 11.5 Å². The lowest BCUT2D eigenvalue weighted by molar-refractivity contribution is -0.130. The minimum absolute atomic E-state index is 0.439. The Kier molecular flexibility index (Phi) is 2.66. The molecule has 0 bridgehead atoms. The van der Waals surface area contributed by atoms with Gasteiger partial charge < -0.3 is 0 Å². The number of nitrogens with one attached hydrogen (secondary N) is 1. The van der Waals surface area contributed by atoms with Gasteiger partial charge >= 0.3 is 0 Å². The van der Waals surface area contributed by atoms with Crippen molar-refractivity contribution in [1.29, 1.82) is 0 Å². The number of aromatic nitrogens is 1. The van der Waals surface area contributed by atoms with Crippen LogP contribution in [0.1, 0.15) is 18.5 Å². The van der Waals surface area contributed by atoms with Crippen LogP contribution in [0.2, 0.25) is 0 Å². The normalized spacial score (nSPS) is 12.7. The summed E-state index contributed by atoms with van der Waals surface area (Å²) >= 11 is 1.36. The number of hydrogen-bond acceptors (Lipinski definition) is 4. The first kappa shape index (κ1) is 10.1. The van der Waals surface area contributed by atoms with E-state index in [9.17, 15) is 4.79 Å². The average molecular weight is 222 g/mol. The lowest BCUT2D eigenvalue weighted by atomic mass is 10.0. The first-order valence-corrected chi connectivity index (χ1v) is 5.29. The molecule has 1 amide bonds. The summed E-state index contributed by atoms with van der Waals surface area (Å²) in [6.45, 7) is 1.72. The van der Waals surface area contributed by atoms with E-state index in [0.717, 1.165) is 10.1 Å². The van der Waals surface area contributed by atoms with Crippen LogP contribution in [-0.4, -0.2) is 15.5 Å². The molecule has 2 rings (SSSR count). The van der Waals surface area contributed by atoms with E-state index in [4.69, 9.17) is 5.21 Å². The predicted octanol–water partition coefficient (Wildman–Crippen LogP) is 1.91. The molecule has 0 fully saturated rings. The first-order valence-electron chi connectivity index (χ1n) is 4.52. The summed E-state index contributed by atoms with van der Waals surface area (Å²) in [4.78, 5) is 11.3. The van der Waals surface area contributed by atoms with Crippen molar-refractivity contribution in [3.05, 3.63) is 30.0 Å². The highest BCUT2D eigenvalue weighted by Gasteiger charge is 2.19. The van der Waals surface area contributed by atoms with Crippen molar-refractivity contribution < 1.29 is 10.0 Å². The Morgan fingerprint density at radius 2 is 2.27 bits per heavy atom. The Bertz CT molecular complexity index is 495. The van der Waals surface area contributed by atoms with E-state index in [2.05, 4.69) is 4.37 Å². The van der Waals surface area contributed by atoms with E-state index in [-0.39, 0.29) is 0 Å². The molecule has 0 spiro atoms. The molecule has 1 aromatic carbocycles. The van der Waals surface area contributed by atoms with Gasteiger partial charge in [0.05, 0.1) is 16.3 Å². The molecule has 1 atom stereocenters. The van der Waals surface area contributed by atoms with Gasteiger partial charge in [-0.25, -0.2) is 5.48 Å². The molecular weight excluding hydrogens is 212 g/mol. The third-order valence-electron chi connectivity index (χ3n) is 2.32. The van der Waals surface area contributed by atoms with Crippen LogP contribution in [0.4, 0.5) is 0 Å². The minimum Gasteiger partial charge on any atom is -0.289 e. The highest BCUT2D eigenvalue weighted by Crippen LogP contribution is 2.27. The summed E-state index contributed by atoms with van der Waals surface area (Å²) in [6, 6.07) is 7.72. The minimum atomic E-state index is -0.439. The number of benzene rings is 1. The van der Waals surface area contributed by atoms with Gasteiger partial charge in [-0.1, -0.05) is 18.2 Å². The predicted molar refractivity (Wildman–Crippen MR) is 58.0 cm³/mol. The van der Waals surface area contributed by atoms with Crippen molar-refractivity contribution in [2.45, 2.75) is 12.8 Å². The Morgan fingerprint density at radius 3 is 3.00 bits per heavy atom. The standard InChI is InChI=1S/C10H10N2O2S/c1-6(10(13)11-14)9-7-4-2-3-5-8(7)15-12-9/h2-6,14H,1H3,(H,11,13). The molecular formula is C10H10N2O2S. The monoisotopic (exact) mass is 222 g/mol. The van der Waals surface area contributed by atoms with Crippen LogP contribution in [0.5, 0.6) is 0 Å².